The van der Waals surface area contributed by atoms with Gasteiger partial charge in [0.15, 0.2) is 0 Å². The molecule has 0 aromatic heterocycles. The summed E-state index contributed by atoms with van der Waals surface area (Å²) in [5.41, 5.74) is 5.78. The number of carbonyl (C=O) groups excluding carboxylic acids is 1. The van der Waals surface area contributed by atoms with Crippen molar-refractivity contribution in [3.63, 3.8) is 0 Å². The fraction of sp³-hybridized carbons (Fsp3) is 0.304. The van der Waals surface area contributed by atoms with Crippen LogP contribution in [0.1, 0.15) is 24.0 Å². The van der Waals surface area contributed by atoms with E-state index >= 15 is 0 Å². The fourth-order valence-corrected chi connectivity index (χ4v) is 2.92. The molecule has 2 aromatic rings. The van der Waals surface area contributed by atoms with E-state index in [9.17, 15) is 9.90 Å². The highest BCUT2D eigenvalue weighted by Gasteiger charge is 2.11. The molecule has 0 radical (unpaired) electrons. The monoisotopic (exact) mass is 397 g/mol. The number of aliphatic hydroxyl groups excluding tert-OH is 1. The Labute approximate surface area is 173 Å². The number of nitrogens with zero attached hydrogens (tertiary/aromatic N) is 2. The number of aliphatic hydroxyl groups is 1. The maximum absolute atomic E-state index is 10.5. The highest BCUT2D eigenvalue weighted by atomic mass is 16.5. The first-order valence-corrected chi connectivity index (χ1v) is 9.63. The first kappa shape index (κ1) is 24.2. The van der Waals surface area contributed by atoms with Gasteiger partial charge in [-0.3, -0.25) is 9.79 Å². The summed E-state index contributed by atoms with van der Waals surface area (Å²) in [4.78, 5) is 16.9. The molecule has 0 aliphatic rings. The van der Waals surface area contributed by atoms with E-state index in [0.29, 0.717) is 6.42 Å². The number of benzene rings is 2. The number of nitrogens with one attached hydrogen (secondary N) is 1. The number of hydroxylamine groups is 1. The van der Waals surface area contributed by atoms with Crippen LogP contribution < -0.4 is 10.4 Å². The zero-order chi connectivity index (χ0) is 21.3. The Hall–Kier alpha value is -2.80. The van der Waals surface area contributed by atoms with Crippen LogP contribution in [0.3, 0.4) is 0 Å². The molecule has 0 amide bonds. The van der Waals surface area contributed by atoms with E-state index in [0.717, 1.165) is 49.2 Å². The van der Waals surface area contributed by atoms with Gasteiger partial charge in [0, 0.05) is 26.7 Å². The molecule has 0 unspecified atom stereocenters. The number of hydrogen-bond acceptors (Lipinski definition) is 6. The Morgan fingerprint density at radius 3 is 2.45 bits per heavy atom. The van der Waals surface area contributed by atoms with Gasteiger partial charge >= 0.3 is 0 Å². The van der Waals surface area contributed by atoms with Crippen molar-refractivity contribution in [2.45, 2.75) is 19.3 Å². The zero-order valence-corrected chi connectivity index (χ0v) is 17.0. The van der Waals surface area contributed by atoms with Crippen molar-refractivity contribution in [1.29, 1.82) is 0 Å². The van der Waals surface area contributed by atoms with Crippen molar-refractivity contribution in [2.75, 3.05) is 31.6 Å². The van der Waals surface area contributed by atoms with Crippen LogP contribution in [0, 0.1) is 0 Å². The summed E-state index contributed by atoms with van der Waals surface area (Å²) in [5, 5.41) is 16.5. The molecule has 0 saturated heterocycles. The SMILES string of the molecule is C=Nc1cc(/C=C/C=O)ccc1N(CCCO)CCCc1ccccc1.CNO. The summed E-state index contributed by atoms with van der Waals surface area (Å²) in [6, 6.07) is 16.3. The lowest BCUT2D eigenvalue weighted by Gasteiger charge is -2.26. The first-order chi connectivity index (χ1) is 14.2. The van der Waals surface area contributed by atoms with Crippen molar-refractivity contribution in [1.82, 2.24) is 5.48 Å². The molecule has 6 nitrogen and oxygen atoms in total. The van der Waals surface area contributed by atoms with E-state index in [2.05, 4.69) is 40.9 Å². The molecular weight excluding hydrogens is 366 g/mol. The van der Waals surface area contributed by atoms with Crippen LogP contribution in [0.2, 0.25) is 0 Å². The standard InChI is InChI=1S/C22H26N2O2.CH5NO/c1-23-21-18-20(11-6-16-25)12-13-22(21)24(15-7-17-26)14-5-10-19-8-3-2-4-9-19;1-2-3/h2-4,6,8-9,11-13,16,18,26H,1,5,7,10,14-15,17H2;2-3H,1H3/b11-6+;. The Kier molecular flexibility index (Phi) is 12.7. The Morgan fingerprint density at radius 1 is 1.14 bits per heavy atom. The van der Waals surface area contributed by atoms with E-state index in [1.807, 2.05) is 24.3 Å². The third kappa shape index (κ3) is 9.30. The Bertz CT molecular complexity index is 748. The largest absolute Gasteiger partial charge is 0.396 e. The highest BCUT2D eigenvalue weighted by molar-refractivity contribution is 5.77. The normalized spacial score (nSPS) is 10.3. The predicted octanol–water partition coefficient (Wildman–Crippen LogP) is 3.65. The van der Waals surface area contributed by atoms with Crippen LogP contribution in [0.5, 0.6) is 0 Å². The van der Waals surface area contributed by atoms with Crippen LogP contribution in [-0.2, 0) is 11.2 Å². The highest BCUT2D eigenvalue weighted by Crippen LogP contribution is 2.30. The molecule has 0 fully saturated rings. The number of hydrogen-bond donors (Lipinski definition) is 3. The van der Waals surface area contributed by atoms with E-state index < -0.39 is 0 Å². The second-order valence-electron chi connectivity index (χ2n) is 6.28. The molecule has 0 heterocycles. The average molecular weight is 398 g/mol. The van der Waals surface area contributed by atoms with Crippen molar-refractivity contribution in [2.24, 2.45) is 4.99 Å². The molecule has 0 atom stereocenters. The molecule has 3 N–H and O–H groups in total. The molecule has 2 rings (SSSR count). The summed E-state index contributed by atoms with van der Waals surface area (Å²) in [5.74, 6) is 0. The molecule has 2 aromatic carbocycles. The summed E-state index contributed by atoms with van der Waals surface area (Å²) in [6.45, 7) is 5.48. The Morgan fingerprint density at radius 2 is 1.83 bits per heavy atom. The van der Waals surface area contributed by atoms with Gasteiger partial charge in [0.05, 0.1) is 11.4 Å². The third-order valence-electron chi connectivity index (χ3n) is 4.20. The van der Waals surface area contributed by atoms with Crippen LogP contribution in [0.25, 0.3) is 6.08 Å². The van der Waals surface area contributed by atoms with Gasteiger partial charge in [-0.25, -0.2) is 5.48 Å². The van der Waals surface area contributed by atoms with E-state index in [4.69, 9.17) is 5.21 Å². The second kappa shape index (κ2) is 15.2. The van der Waals surface area contributed by atoms with Gasteiger partial charge in [0.2, 0.25) is 0 Å². The van der Waals surface area contributed by atoms with Crippen LogP contribution in [-0.4, -0.2) is 50.1 Å². The molecule has 0 aliphatic heterocycles. The van der Waals surface area contributed by atoms with Crippen LogP contribution >= 0.6 is 0 Å². The van der Waals surface area contributed by atoms with Gasteiger partial charge in [-0.1, -0.05) is 42.5 Å². The first-order valence-electron chi connectivity index (χ1n) is 9.63. The minimum Gasteiger partial charge on any atom is -0.396 e. The van der Waals surface area contributed by atoms with Gasteiger partial charge < -0.3 is 15.2 Å². The number of allylic oxidation sites excluding steroid dienone is 1. The minimum atomic E-state index is 0.159. The molecule has 0 bridgehead atoms. The van der Waals surface area contributed by atoms with Gasteiger partial charge in [-0.2, -0.15) is 0 Å². The summed E-state index contributed by atoms with van der Waals surface area (Å²) in [7, 11) is 1.43. The molecule has 156 valence electrons. The van der Waals surface area contributed by atoms with Gasteiger partial charge in [0.1, 0.15) is 6.29 Å². The lowest BCUT2D eigenvalue weighted by atomic mass is 10.1. The van der Waals surface area contributed by atoms with Crippen molar-refractivity contribution in [3.8, 4) is 0 Å². The van der Waals surface area contributed by atoms with Gasteiger partial charge in [-0.15, -0.1) is 0 Å². The Balaban J connectivity index is 0.00000132. The number of anilines is 1. The summed E-state index contributed by atoms with van der Waals surface area (Å²) in [6.07, 6.45) is 6.69. The number of aryl methyl sites for hydroxylation is 1. The van der Waals surface area contributed by atoms with E-state index in [1.165, 1.54) is 18.7 Å². The summed E-state index contributed by atoms with van der Waals surface area (Å²) < 4.78 is 0. The lowest BCUT2D eigenvalue weighted by molar-refractivity contribution is -0.104. The van der Waals surface area contributed by atoms with E-state index in [-0.39, 0.29) is 6.61 Å². The summed E-state index contributed by atoms with van der Waals surface area (Å²) >= 11 is 0. The van der Waals surface area contributed by atoms with E-state index in [1.54, 1.807) is 11.6 Å². The molecule has 6 heteroatoms. The molecular formula is C23H31N3O3. The van der Waals surface area contributed by atoms with Crippen molar-refractivity contribution in [3.05, 3.63) is 65.7 Å². The van der Waals surface area contributed by atoms with Crippen molar-refractivity contribution >= 4 is 30.5 Å². The number of carbonyl (C=O) groups is 1. The smallest absolute Gasteiger partial charge is 0.142 e. The van der Waals surface area contributed by atoms with Gasteiger partial charge in [-0.05, 0) is 55.3 Å². The average Bonchev–Trinajstić information content (AvgIpc) is 2.76. The number of rotatable bonds is 11. The van der Waals surface area contributed by atoms with Gasteiger partial charge in [0.25, 0.3) is 0 Å². The fourth-order valence-electron chi connectivity index (χ4n) is 2.92. The number of aliphatic imine (C=N–C) groups is 1. The predicted molar refractivity (Wildman–Crippen MR) is 120 cm³/mol. The quantitative estimate of drug-likeness (QED) is 0.233. The number of aldehydes is 1. The molecule has 0 spiro atoms. The second-order valence-corrected chi connectivity index (χ2v) is 6.28. The van der Waals surface area contributed by atoms with Crippen LogP contribution in [0.15, 0.2) is 59.6 Å². The maximum Gasteiger partial charge on any atom is 0.142 e. The minimum absolute atomic E-state index is 0.159. The van der Waals surface area contributed by atoms with Crippen LogP contribution in [0.4, 0.5) is 11.4 Å². The molecule has 0 aliphatic carbocycles. The zero-order valence-electron chi connectivity index (χ0n) is 17.0. The maximum atomic E-state index is 10.5. The third-order valence-corrected chi connectivity index (χ3v) is 4.20. The van der Waals surface area contributed by atoms with Crippen molar-refractivity contribution < 1.29 is 15.1 Å². The topological polar surface area (TPSA) is 85.2 Å². The molecule has 0 saturated carbocycles. The lowest BCUT2D eigenvalue weighted by Crippen LogP contribution is -2.26. The molecule has 29 heavy (non-hydrogen) atoms.